The Bertz CT molecular complexity index is 518. The second kappa shape index (κ2) is 7.36. The highest BCUT2D eigenvalue weighted by atomic mass is 35.5. The van der Waals surface area contributed by atoms with Crippen LogP contribution in [0.25, 0.3) is 0 Å². The lowest BCUT2D eigenvalue weighted by molar-refractivity contribution is -0.121. The third-order valence-corrected chi connectivity index (χ3v) is 3.50. The number of carbonyl (C=O) groups excluding carboxylic acids is 1. The molecule has 0 bridgehead atoms. The summed E-state index contributed by atoms with van der Waals surface area (Å²) in [4.78, 5) is 12.0. The third kappa shape index (κ3) is 4.58. The van der Waals surface area contributed by atoms with Gasteiger partial charge >= 0.3 is 0 Å². The SMILES string of the molecule is CC(C)C(NC(=O)Cc1ccc(Cl)c(Cl)c1)C(N)=NO. The Morgan fingerprint density at radius 1 is 1.40 bits per heavy atom. The van der Waals surface area contributed by atoms with Crippen LogP contribution in [0.1, 0.15) is 19.4 Å². The zero-order valence-electron chi connectivity index (χ0n) is 11.2. The van der Waals surface area contributed by atoms with E-state index in [0.29, 0.717) is 10.0 Å². The fourth-order valence-corrected chi connectivity index (χ4v) is 2.02. The number of nitrogens with zero attached hydrogens (tertiary/aromatic N) is 1. The minimum absolute atomic E-state index is 0.00338. The van der Waals surface area contributed by atoms with Crippen molar-refractivity contribution in [2.75, 3.05) is 0 Å². The lowest BCUT2D eigenvalue weighted by Crippen LogP contribution is -2.48. The first-order valence-corrected chi connectivity index (χ1v) is 6.81. The van der Waals surface area contributed by atoms with E-state index < -0.39 is 6.04 Å². The van der Waals surface area contributed by atoms with Crippen molar-refractivity contribution in [2.24, 2.45) is 16.8 Å². The standard InChI is InChI=1S/C13H17Cl2N3O2/c1-7(2)12(13(16)18-20)17-11(19)6-8-3-4-9(14)10(15)5-8/h3-5,7,12,20H,6H2,1-2H3,(H2,16,18)(H,17,19). The van der Waals surface area contributed by atoms with Crippen molar-refractivity contribution in [3.8, 4) is 0 Å². The number of halogens is 2. The van der Waals surface area contributed by atoms with Gasteiger partial charge in [0.2, 0.25) is 5.91 Å². The zero-order chi connectivity index (χ0) is 15.3. The molecule has 0 aliphatic heterocycles. The molecule has 0 saturated heterocycles. The van der Waals surface area contributed by atoms with Gasteiger partial charge in [0.15, 0.2) is 5.84 Å². The Kier molecular flexibility index (Phi) is 6.10. The van der Waals surface area contributed by atoms with Gasteiger partial charge in [0.05, 0.1) is 22.5 Å². The maximum atomic E-state index is 12.0. The molecule has 1 aromatic carbocycles. The Morgan fingerprint density at radius 3 is 2.55 bits per heavy atom. The largest absolute Gasteiger partial charge is 0.409 e. The normalized spacial score (nSPS) is 13.3. The molecule has 20 heavy (non-hydrogen) atoms. The molecule has 0 aromatic heterocycles. The molecule has 0 aliphatic carbocycles. The maximum Gasteiger partial charge on any atom is 0.225 e. The first kappa shape index (κ1) is 16.6. The highest BCUT2D eigenvalue weighted by Crippen LogP contribution is 2.22. The van der Waals surface area contributed by atoms with E-state index in [1.54, 1.807) is 18.2 Å². The molecular weight excluding hydrogens is 301 g/mol. The molecule has 0 fully saturated rings. The lowest BCUT2D eigenvalue weighted by Gasteiger charge is -2.20. The zero-order valence-corrected chi connectivity index (χ0v) is 12.7. The van der Waals surface area contributed by atoms with E-state index in [1.807, 2.05) is 13.8 Å². The second-order valence-corrected chi connectivity index (χ2v) is 5.55. The summed E-state index contributed by atoms with van der Waals surface area (Å²) in [5.74, 6) is -0.264. The van der Waals surface area contributed by atoms with Crippen molar-refractivity contribution in [1.29, 1.82) is 0 Å². The molecular formula is C13H17Cl2N3O2. The molecule has 1 aromatic rings. The summed E-state index contributed by atoms with van der Waals surface area (Å²) in [7, 11) is 0. The predicted molar refractivity (Wildman–Crippen MR) is 80.3 cm³/mol. The van der Waals surface area contributed by atoms with Crippen molar-refractivity contribution in [1.82, 2.24) is 5.32 Å². The highest BCUT2D eigenvalue weighted by Gasteiger charge is 2.20. The number of oxime groups is 1. The fraction of sp³-hybridized carbons (Fsp3) is 0.385. The van der Waals surface area contributed by atoms with Gasteiger partial charge in [-0.3, -0.25) is 4.79 Å². The molecule has 7 heteroatoms. The van der Waals surface area contributed by atoms with Crippen LogP contribution >= 0.6 is 23.2 Å². The van der Waals surface area contributed by atoms with Gasteiger partial charge in [0, 0.05) is 0 Å². The number of carbonyl (C=O) groups is 1. The summed E-state index contributed by atoms with van der Waals surface area (Å²) in [6.45, 7) is 3.73. The number of hydrogen-bond donors (Lipinski definition) is 3. The molecule has 1 atom stereocenters. The number of hydrogen-bond acceptors (Lipinski definition) is 3. The van der Waals surface area contributed by atoms with Gasteiger partial charge in [-0.15, -0.1) is 0 Å². The number of nitrogens with one attached hydrogen (secondary N) is 1. The second-order valence-electron chi connectivity index (χ2n) is 4.74. The first-order valence-electron chi connectivity index (χ1n) is 6.05. The van der Waals surface area contributed by atoms with Gasteiger partial charge in [-0.25, -0.2) is 0 Å². The van der Waals surface area contributed by atoms with Gasteiger partial charge in [-0.1, -0.05) is 48.3 Å². The van der Waals surface area contributed by atoms with E-state index >= 15 is 0 Å². The van der Waals surface area contributed by atoms with E-state index in [9.17, 15) is 4.79 Å². The van der Waals surface area contributed by atoms with Crippen LogP contribution in [0.3, 0.4) is 0 Å². The molecule has 0 saturated carbocycles. The molecule has 1 rings (SSSR count). The molecule has 5 nitrogen and oxygen atoms in total. The fourth-order valence-electron chi connectivity index (χ4n) is 1.70. The lowest BCUT2D eigenvalue weighted by atomic mass is 10.0. The van der Waals surface area contributed by atoms with Gasteiger partial charge < -0.3 is 16.3 Å². The van der Waals surface area contributed by atoms with Gasteiger partial charge in [-0.05, 0) is 23.6 Å². The monoisotopic (exact) mass is 317 g/mol. The molecule has 1 unspecified atom stereocenters. The predicted octanol–water partition coefficient (Wildman–Crippen LogP) is 2.42. The molecule has 1 amide bonds. The quantitative estimate of drug-likeness (QED) is 0.337. The van der Waals surface area contributed by atoms with E-state index in [0.717, 1.165) is 5.56 Å². The van der Waals surface area contributed by atoms with Crippen LogP contribution < -0.4 is 11.1 Å². The van der Waals surface area contributed by atoms with Crippen molar-refractivity contribution in [2.45, 2.75) is 26.3 Å². The molecule has 0 spiro atoms. The summed E-state index contributed by atoms with van der Waals surface area (Å²) < 4.78 is 0. The number of amides is 1. The van der Waals surface area contributed by atoms with Crippen molar-refractivity contribution in [3.05, 3.63) is 33.8 Å². The van der Waals surface area contributed by atoms with Crippen LogP contribution in [0.2, 0.25) is 10.0 Å². The molecule has 0 heterocycles. The Morgan fingerprint density at radius 2 is 2.05 bits per heavy atom. The summed E-state index contributed by atoms with van der Waals surface area (Å²) >= 11 is 11.7. The van der Waals surface area contributed by atoms with Crippen LogP contribution in [-0.4, -0.2) is 23.0 Å². The van der Waals surface area contributed by atoms with Crippen LogP contribution in [0.5, 0.6) is 0 Å². The van der Waals surface area contributed by atoms with E-state index in [-0.39, 0.29) is 24.1 Å². The van der Waals surface area contributed by atoms with Crippen LogP contribution in [0, 0.1) is 5.92 Å². The smallest absolute Gasteiger partial charge is 0.225 e. The first-order chi connectivity index (χ1) is 9.35. The average Bonchev–Trinajstić information content (AvgIpc) is 2.39. The summed E-state index contributed by atoms with van der Waals surface area (Å²) in [6, 6.07) is 4.48. The number of benzene rings is 1. The van der Waals surface area contributed by atoms with Crippen LogP contribution in [0.4, 0.5) is 0 Å². The minimum atomic E-state index is -0.518. The van der Waals surface area contributed by atoms with Gasteiger partial charge in [-0.2, -0.15) is 0 Å². The van der Waals surface area contributed by atoms with E-state index in [2.05, 4.69) is 10.5 Å². The minimum Gasteiger partial charge on any atom is -0.409 e. The highest BCUT2D eigenvalue weighted by molar-refractivity contribution is 6.42. The van der Waals surface area contributed by atoms with Crippen molar-refractivity contribution < 1.29 is 10.0 Å². The number of nitrogens with two attached hydrogens (primary N) is 1. The molecule has 0 aliphatic rings. The Hall–Kier alpha value is -1.46. The van der Waals surface area contributed by atoms with Gasteiger partial charge in [0.1, 0.15) is 0 Å². The maximum absolute atomic E-state index is 12.0. The number of rotatable bonds is 5. The third-order valence-electron chi connectivity index (χ3n) is 2.77. The van der Waals surface area contributed by atoms with Crippen molar-refractivity contribution >= 4 is 34.9 Å². The van der Waals surface area contributed by atoms with E-state index in [1.165, 1.54) is 0 Å². The van der Waals surface area contributed by atoms with Crippen LogP contribution in [0.15, 0.2) is 23.4 Å². The Balaban J connectivity index is 2.73. The van der Waals surface area contributed by atoms with Crippen LogP contribution in [-0.2, 0) is 11.2 Å². The molecule has 4 N–H and O–H groups in total. The molecule has 110 valence electrons. The topological polar surface area (TPSA) is 87.7 Å². The summed E-state index contributed by atoms with van der Waals surface area (Å²) in [6.07, 6.45) is 0.138. The summed E-state index contributed by atoms with van der Waals surface area (Å²) in [5.41, 5.74) is 6.29. The van der Waals surface area contributed by atoms with Crippen molar-refractivity contribution in [3.63, 3.8) is 0 Å². The molecule has 0 radical (unpaired) electrons. The Labute approximate surface area is 127 Å². The van der Waals surface area contributed by atoms with E-state index in [4.69, 9.17) is 34.1 Å². The average molecular weight is 318 g/mol. The number of amidine groups is 1. The summed E-state index contributed by atoms with van der Waals surface area (Å²) in [5, 5.41) is 15.2. The van der Waals surface area contributed by atoms with Gasteiger partial charge in [0.25, 0.3) is 0 Å².